The maximum absolute atomic E-state index is 11.6. The van der Waals surface area contributed by atoms with Crippen LogP contribution in [0.4, 0.5) is 0 Å². The fourth-order valence-electron chi connectivity index (χ4n) is 1.56. The lowest BCUT2D eigenvalue weighted by atomic mass is 10.2. The van der Waals surface area contributed by atoms with Crippen molar-refractivity contribution in [1.29, 1.82) is 0 Å². The van der Waals surface area contributed by atoms with Crippen LogP contribution in [0.2, 0.25) is 0 Å². The van der Waals surface area contributed by atoms with Crippen molar-refractivity contribution in [2.75, 3.05) is 25.4 Å². The van der Waals surface area contributed by atoms with E-state index in [0.29, 0.717) is 11.6 Å². The van der Waals surface area contributed by atoms with Gasteiger partial charge >= 0.3 is 0 Å². The van der Waals surface area contributed by atoms with E-state index in [1.54, 1.807) is 0 Å². The molecule has 0 N–H and O–H groups in total. The maximum atomic E-state index is 11.6. The van der Waals surface area contributed by atoms with Gasteiger partial charge in [-0.3, -0.25) is 9.11 Å². The third-order valence-electron chi connectivity index (χ3n) is 2.21. The highest BCUT2D eigenvalue weighted by Crippen LogP contribution is 2.20. The Morgan fingerprint density at radius 2 is 2.31 bits per heavy atom. The van der Waals surface area contributed by atoms with Crippen molar-refractivity contribution in [2.45, 2.75) is 18.6 Å². The van der Waals surface area contributed by atoms with Crippen molar-refractivity contribution < 1.29 is 4.21 Å². The van der Waals surface area contributed by atoms with Gasteiger partial charge in [-0.25, -0.2) is 0 Å². The van der Waals surface area contributed by atoms with E-state index in [4.69, 9.17) is 11.6 Å². The minimum atomic E-state index is -0.700. The molecule has 0 radical (unpaired) electrons. The molecule has 1 rings (SSSR count). The van der Waals surface area contributed by atoms with E-state index in [9.17, 15) is 4.21 Å². The summed E-state index contributed by atoms with van der Waals surface area (Å²) >= 11 is 5.73. The van der Waals surface area contributed by atoms with Crippen LogP contribution in [0.25, 0.3) is 0 Å². The monoisotopic (exact) mass is 221 g/mol. The van der Waals surface area contributed by atoms with Gasteiger partial charge in [-0.2, -0.15) is 0 Å². The fourth-order valence-corrected chi connectivity index (χ4v) is 3.03. The Morgan fingerprint density at radius 1 is 1.69 bits per heavy atom. The Balaban J connectivity index is 2.55. The summed E-state index contributed by atoms with van der Waals surface area (Å²) in [5.41, 5.74) is 0. The summed E-state index contributed by atoms with van der Waals surface area (Å²) in [6.45, 7) is 10.1. The van der Waals surface area contributed by atoms with Crippen molar-refractivity contribution in [2.24, 2.45) is 0 Å². The summed E-state index contributed by atoms with van der Waals surface area (Å²) in [4.78, 5) is 2.21. The second kappa shape index (κ2) is 4.11. The molecular formula is C9H16ClNOS. The molecule has 1 saturated heterocycles. The lowest BCUT2D eigenvalue weighted by Crippen LogP contribution is -2.50. The van der Waals surface area contributed by atoms with Gasteiger partial charge in [-0.1, -0.05) is 18.2 Å². The second-order valence-corrected chi connectivity index (χ2v) is 6.78. The Morgan fingerprint density at radius 3 is 2.77 bits per heavy atom. The zero-order chi connectivity index (χ0) is 10.1. The smallest absolute Gasteiger partial charge is 0.0530 e. The molecule has 1 unspecified atom stereocenters. The summed E-state index contributed by atoms with van der Waals surface area (Å²) in [5, 5.41) is 0.656. The number of nitrogens with zero attached hydrogens (tertiary/aromatic N) is 1. The van der Waals surface area contributed by atoms with Crippen LogP contribution in [0.3, 0.4) is 0 Å². The molecule has 4 heteroatoms. The molecule has 76 valence electrons. The largest absolute Gasteiger partial charge is 0.296 e. The molecule has 1 aliphatic rings. The number of rotatable bonds is 2. The van der Waals surface area contributed by atoms with Crippen LogP contribution in [-0.4, -0.2) is 39.2 Å². The summed E-state index contributed by atoms with van der Waals surface area (Å²) in [6.07, 6.45) is 0. The van der Waals surface area contributed by atoms with Crippen molar-refractivity contribution in [3.8, 4) is 0 Å². The zero-order valence-corrected chi connectivity index (χ0v) is 9.75. The van der Waals surface area contributed by atoms with Gasteiger partial charge in [-0.05, 0) is 13.8 Å². The Kier molecular flexibility index (Phi) is 3.55. The van der Waals surface area contributed by atoms with Gasteiger partial charge in [0.2, 0.25) is 0 Å². The van der Waals surface area contributed by atoms with E-state index in [1.165, 1.54) is 0 Å². The maximum Gasteiger partial charge on any atom is 0.0530 e. The minimum Gasteiger partial charge on any atom is -0.296 e. The minimum absolute atomic E-state index is 0.107. The average Bonchev–Trinajstić information content (AvgIpc) is 1.95. The van der Waals surface area contributed by atoms with Gasteiger partial charge in [0.1, 0.15) is 0 Å². The molecule has 13 heavy (non-hydrogen) atoms. The topological polar surface area (TPSA) is 20.3 Å². The van der Waals surface area contributed by atoms with Crippen LogP contribution in [0.1, 0.15) is 13.8 Å². The Labute approximate surface area is 87.4 Å². The Hall–Kier alpha value is 0.140. The molecule has 0 saturated carbocycles. The van der Waals surface area contributed by atoms with Crippen LogP contribution in [-0.2, 0) is 10.8 Å². The molecule has 1 aliphatic heterocycles. The number of halogens is 1. The predicted molar refractivity (Wildman–Crippen MR) is 58.5 cm³/mol. The summed E-state index contributed by atoms with van der Waals surface area (Å²) in [6, 6.07) is 0. The van der Waals surface area contributed by atoms with E-state index in [2.05, 4.69) is 11.5 Å². The molecule has 0 amide bonds. The van der Waals surface area contributed by atoms with Crippen molar-refractivity contribution in [3.63, 3.8) is 0 Å². The summed E-state index contributed by atoms with van der Waals surface area (Å²) in [7, 11) is -0.700. The second-order valence-electron chi connectivity index (χ2n) is 4.04. The molecule has 0 spiro atoms. The molecule has 2 nitrogen and oxygen atoms in total. The normalized spacial score (nSPS) is 28.7. The van der Waals surface area contributed by atoms with Crippen LogP contribution < -0.4 is 0 Å². The first-order valence-electron chi connectivity index (χ1n) is 4.36. The highest BCUT2D eigenvalue weighted by atomic mass is 35.5. The Bertz CT molecular complexity index is 240. The van der Waals surface area contributed by atoms with E-state index in [0.717, 1.165) is 18.8 Å². The lowest BCUT2D eigenvalue weighted by molar-refractivity contribution is 0.279. The highest BCUT2D eigenvalue weighted by molar-refractivity contribution is 7.86. The fraction of sp³-hybridized carbons (Fsp3) is 0.778. The molecule has 0 bridgehead atoms. The molecule has 0 aromatic rings. The van der Waals surface area contributed by atoms with Gasteiger partial charge in [0.15, 0.2) is 0 Å². The number of hydrogen-bond acceptors (Lipinski definition) is 2. The van der Waals surface area contributed by atoms with Crippen LogP contribution in [0.5, 0.6) is 0 Å². The van der Waals surface area contributed by atoms with Gasteiger partial charge in [-0.15, -0.1) is 0 Å². The number of hydrogen-bond donors (Lipinski definition) is 0. The van der Waals surface area contributed by atoms with Gasteiger partial charge in [0.25, 0.3) is 0 Å². The van der Waals surface area contributed by atoms with Crippen LogP contribution >= 0.6 is 11.6 Å². The van der Waals surface area contributed by atoms with Crippen LogP contribution in [0, 0.1) is 0 Å². The molecule has 1 heterocycles. The van der Waals surface area contributed by atoms with E-state index in [-0.39, 0.29) is 4.75 Å². The van der Waals surface area contributed by atoms with Gasteiger partial charge in [0, 0.05) is 41.2 Å². The SMILES string of the molecule is C=C(Cl)CN1CCS(=O)C(C)(C)C1. The van der Waals surface area contributed by atoms with E-state index in [1.807, 2.05) is 13.8 Å². The van der Waals surface area contributed by atoms with E-state index < -0.39 is 10.8 Å². The molecule has 0 aromatic carbocycles. The zero-order valence-electron chi connectivity index (χ0n) is 8.18. The highest BCUT2D eigenvalue weighted by Gasteiger charge is 2.32. The van der Waals surface area contributed by atoms with Crippen LogP contribution in [0.15, 0.2) is 11.6 Å². The first-order valence-corrected chi connectivity index (χ1v) is 6.05. The van der Waals surface area contributed by atoms with Gasteiger partial charge < -0.3 is 0 Å². The summed E-state index contributed by atoms with van der Waals surface area (Å²) < 4.78 is 11.5. The average molecular weight is 222 g/mol. The van der Waals surface area contributed by atoms with Crippen molar-refractivity contribution in [3.05, 3.63) is 11.6 Å². The first-order chi connectivity index (χ1) is 5.92. The molecule has 0 aromatic heterocycles. The van der Waals surface area contributed by atoms with Crippen molar-refractivity contribution >= 4 is 22.4 Å². The van der Waals surface area contributed by atoms with Crippen molar-refractivity contribution in [1.82, 2.24) is 4.90 Å². The molecule has 0 aliphatic carbocycles. The quantitative estimate of drug-likeness (QED) is 0.706. The molecule has 1 atom stereocenters. The summed E-state index contributed by atoms with van der Waals surface area (Å²) in [5.74, 6) is 0.747. The molecule has 1 fully saturated rings. The third kappa shape index (κ3) is 3.08. The van der Waals surface area contributed by atoms with Gasteiger partial charge in [0.05, 0.1) is 4.75 Å². The lowest BCUT2D eigenvalue weighted by Gasteiger charge is -2.36. The standard InChI is InChI=1S/C9H16ClNOS/c1-8(10)6-11-4-5-13(12)9(2,3)7-11/h1,4-7H2,2-3H3. The predicted octanol–water partition coefficient (Wildman–Crippen LogP) is 1.58. The first kappa shape index (κ1) is 11.2. The third-order valence-corrected chi connectivity index (χ3v) is 4.24. The van der Waals surface area contributed by atoms with E-state index >= 15 is 0 Å². The molecular weight excluding hydrogens is 206 g/mol.